The van der Waals surface area contributed by atoms with Gasteiger partial charge in [0.15, 0.2) is 0 Å². The normalized spacial score (nSPS) is 9.68. The Bertz CT molecular complexity index is 178. The van der Waals surface area contributed by atoms with E-state index in [1.807, 2.05) is 0 Å². The van der Waals surface area contributed by atoms with Crippen LogP contribution in [0.4, 0.5) is 0 Å². The first-order valence-electron chi connectivity index (χ1n) is 7.84. The summed E-state index contributed by atoms with van der Waals surface area (Å²) in [5.41, 5.74) is 3.64. The van der Waals surface area contributed by atoms with Crippen molar-refractivity contribution in [1.29, 1.82) is 0 Å². The molecule has 116 valence electrons. The van der Waals surface area contributed by atoms with Crippen molar-refractivity contribution in [3.05, 3.63) is 0 Å². The fourth-order valence-corrected chi connectivity index (χ4v) is 1.94. The van der Waals surface area contributed by atoms with Crippen LogP contribution >= 0.6 is 34.8 Å². The molecule has 0 saturated carbocycles. The zero-order chi connectivity index (χ0) is 14.8. The number of quaternary nitrogens is 1. The van der Waals surface area contributed by atoms with Gasteiger partial charge in [0.25, 0.3) is 5.11 Å². The predicted molar refractivity (Wildman–Crippen MR) is 99.9 cm³/mol. The number of thiocarbonyl (C=S) groups is 1. The molecule has 0 saturated heterocycles. The Morgan fingerprint density at radius 3 is 1.63 bits per heavy atom. The summed E-state index contributed by atoms with van der Waals surface area (Å²) >= 11 is 7.13. The van der Waals surface area contributed by atoms with E-state index in [-0.39, 0.29) is 0 Å². The average molecular weight is 401 g/mol. The Kier molecular flexibility index (Phi) is 24.0. The van der Waals surface area contributed by atoms with Gasteiger partial charge >= 0.3 is 0 Å². The number of hydrogen-bond donors (Lipinski definition) is 2. The molecule has 0 aromatic heterocycles. The minimum Gasteiger partial charge on any atom is -0.332 e. The first kappa shape index (κ1) is 21.9. The van der Waals surface area contributed by atoms with E-state index in [2.05, 4.69) is 47.5 Å². The number of hydrogen-bond acceptors (Lipinski definition) is 1. The topological polar surface area (TPSA) is 39.7 Å². The third-order valence-corrected chi connectivity index (χ3v) is 3.00. The lowest BCUT2D eigenvalue weighted by molar-refractivity contribution is -0.215. The van der Waals surface area contributed by atoms with Crippen LogP contribution in [0.5, 0.6) is 0 Å². The molecule has 0 rings (SSSR count). The van der Waals surface area contributed by atoms with Crippen molar-refractivity contribution in [3.8, 4) is 0 Å². The molecule has 4 N–H and O–H groups in total. The highest BCUT2D eigenvalue weighted by atomic mass is 127. The van der Waals surface area contributed by atoms with Crippen LogP contribution in [0.3, 0.4) is 0 Å². The molecule has 0 aliphatic rings. The number of alkyl halides is 1. The number of unbranched alkanes of at least 4 members (excludes halogenated alkanes) is 9. The maximum absolute atomic E-state index is 4.84. The molecule has 0 radical (unpaired) electrons. The summed E-state index contributed by atoms with van der Waals surface area (Å²) in [6.45, 7) is 5.38. The second-order valence-corrected chi connectivity index (χ2v) is 6.82. The van der Waals surface area contributed by atoms with Crippen molar-refractivity contribution < 1.29 is 5.73 Å². The van der Waals surface area contributed by atoms with E-state index in [9.17, 15) is 0 Å². The van der Waals surface area contributed by atoms with E-state index < -0.39 is 0 Å². The molecule has 0 fully saturated rings. The summed E-state index contributed by atoms with van der Waals surface area (Å²) in [7, 11) is 0. The summed E-state index contributed by atoms with van der Waals surface area (Å²) in [6.07, 6.45) is 13.8. The van der Waals surface area contributed by atoms with Gasteiger partial charge in [-0.25, -0.2) is 0 Å². The highest BCUT2D eigenvalue weighted by molar-refractivity contribution is 14.1. The summed E-state index contributed by atoms with van der Waals surface area (Å²) < 4.78 is 1.22. The van der Waals surface area contributed by atoms with Crippen molar-refractivity contribution in [2.24, 2.45) is 0 Å². The Balaban J connectivity index is 0. The minimum absolute atomic E-state index is 0.677. The summed E-state index contributed by atoms with van der Waals surface area (Å²) in [5.74, 6) is 0. The standard InChI is InChI=1S/C13H28N2S.C2H5I/c1-2-3-4-5-6-7-8-9-10-11-12-15-13(14)16;1-2-3/h2-12H2,1H3,(H3,14,15,16);2H2,1H3/p+1. The summed E-state index contributed by atoms with van der Waals surface area (Å²) in [4.78, 5) is 0. The van der Waals surface area contributed by atoms with Gasteiger partial charge in [0.2, 0.25) is 0 Å². The van der Waals surface area contributed by atoms with Gasteiger partial charge < -0.3 is 11.1 Å². The second-order valence-electron chi connectivity index (χ2n) is 4.80. The fraction of sp³-hybridized carbons (Fsp3) is 0.933. The van der Waals surface area contributed by atoms with Gasteiger partial charge in [-0.15, -0.1) is 0 Å². The van der Waals surface area contributed by atoms with Crippen molar-refractivity contribution in [2.45, 2.75) is 78.1 Å². The summed E-state index contributed by atoms with van der Waals surface area (Å²) in [6, 6.07) is 0. The van der Waals surface area contributed by atoms with Gasteiger partial charge in [0.05, 0.1) is 0 Å². The van der Waals surface area contributed by atoms with Crippen molar-refractivity contribution >= 4 is 39.9 Å². The van der Waals surface area contributed by atoms with E-state index in [1.54, 1.807) is 0 Å². The molecule has 0 unspecified atom stereocenters. The molecule has 0 aliphatic heterocycles. The zero-order valence-corrected chi connectivity index (χ0v) is 16.0. The van der Waals surface area contributed by atoms with Crippen LogP contribution in [-0.4, -0.2) is 16.1 Å². The number of nitrogens with one attached hydrogen (secondary N) is 1. The van der Waals surface area contributed by atoms with E-state index in [1.165, 1.54) is 68.6 Å². The maximum atomic E-state index is 4.84. The third-order valence-electron chi connectivity index (χ3n) is 2.85. The molecule has 0 aromatic carbocycles. The van der Waals surface area contributed by atoms with E-state index in [0.717, 1.165) is 6.54 Å². The van der Waals surface area contributed by atoms with Gasteiger partial charge in [0, 0.05) is 18.8 Å². The largest absolute Gasteiger partial charge is 0.332 e. The van der Waals surface area contributed by atoms with Crippen molar-refractivity contribution in [1.82, 2.24) is 5.32 Å². The first-order valence-corrected chi connectivity index (χ1v) is 9.78. The molecule has 0 atom stereocenters. The molecular formula is C15H34IN2S+. The molecule has 0 aliphatic carbocycles. The highest BCUT2D eigenvalue weighted by Gasteiger charge is 1.93. The van der Waals surface area contributed by atoms with Gasteiger partial charge in [-0.05, 0) is 10.8 Å². The molecule has 0 aromatic rings. The quantitative estimate of drug-likeness (QED) is 0.232. The maximum Gasteiger partial charge on any atom is 0.264 e. The van der Waals surface area contributed by atoms with E-state index >= 15 is 0 Å². The lowest BCUT2D eigenvalue weighted by atomic mass is 10.1. The SMILES string of the molecule is CCCCCCCCCCCCNC([NH3+])=S.CCI. The predicted octanol–water partition coefficient (Wildman–Crippen LogP) is 4.47. The van der Waals surface area contributed by atoms with Gasteiger partial charge in [0.1, 0.15) is 0 Å². The van der Waals surface area contributed by atoms with Crippen molar-refractivity contribution in [2.75, 3.05) is 11.0 Å². The van der Waals surface area contributed by atoms with Crippen LogP contribution in [0.2, 0.25) is 0 Å². The third kappa shape index (κ3) is 27.7. The van der Waals surface area contributed by atoms with E-state index in [0.29, 0.717) is 5.11 Å². The van der Waals surface area contributed by atoms with Gasteiger partial charge in [-0.2, -0.15) is 0 Å². The fourth-order valence-electron chi connectivity index (χ4n) is 1.84. The van der Waals surface area contributed by atoms with Crippen LogP contribution in [0.25, 0.3) is 0 Å². The molecule has 0 spiro atoms. The van der Waals surface area contributed by atoms with Crippen LogP contribution in [0.1, 0.15) is 78.1 Å². The highest BCUT2D eigenvalue weighted by Crippen LogP contribution is 2.10. The Labute approximate surface area is 139 Å². The first-order chi connectivity index (χ1) is 9.18. The molecule has 0 bridgehead atoms. The Hall–Kier alpha value is 0.580. The Morgan fingerprint density at radius 1 is 0.895 bits per heavy atom. The smallest absolute Gasteiger partial charge is 0.264 e. The molecular weight excluding hydrogens is 367 g/mol. The molecule has 4 heteroatoms. The van der Waals surface area contributed by atoms with Crippen molar-refractivity contribution in [3.63, 3.8) is 0 Å². The van der Waals surface area contributed by atoms with Crippen LogP contribution < -0.4 is 11.1 Å². The number of rotatable bonds is 11. The van der Waals surface area contributed by atoms with Gasteiger partial charge in [-0.3, -0.25) is 0 Å². The van der Waals surface area contributed by atoms with Crippen LogP contribution in [0.15, 0.2) is 0 Å². The average Bonchev–Trinajstić information content (AvgIpc) is 2.36. The Morgan fingerprint density at radius 2 is 1.26 bits per heavy atom. The van der Waals surface area contributed by atoms with Crippen LogP contribution in [-0.2, 0) is 0 Å². The van der Waals surface area contributed by atoms with E-state index in [4.69, 9.17) is 12.2 Å². The molecule has 19 heavy (non-hydrogen) atoms. The van der Waals surface area contributed by atoms with Gasteiger partial charge in [-0.1, -0.05) is 94.2 Å². The number of halogens is 1. The monoisotopic (exact) mass is 401 g/mol. The van der Waals surface area contributed by atoms with Crippen LogP contribution in [0, 0.1) is 0 Å². The summed E-state index contributed by atoms with van der Waals surface area (Å²) in [5, 5.41) is 3.77. The molecule has 0 amide bonds. The minimum atomic E-state index is 0.677. The lowest BCUT2D eigenvalue weighted by Crippen LogP contribution is -2.62. The zero-order valence-electron chi connectivity index (χ0n) is 13.0. The second kappa shape index (κ2) is 20.9. The molecule has 2 nitrogen and oxygen atoms in total. The molecule has 0 heterocycles. The lowest BCUT2D eigenvalue weighted by Gasteiger charge is -2.02.